The quantitative estimate of drug-likeness (QED) is 0.746. The molecule has 1 aliphatic carbocycles. The number of nitrogens with zero attached hydrogens (tertiary/aromatic N) is 1. The summed E-state index contributed by atoms with van der Waals surface area (Å²) in [6.07, 6.45) is 6.03. The van der Waals surface area contributed by atoms with Gasteiger partial charge in [0.25, 0.3) is 0 Å². The van der Waals surface area contributed by atoms with Crippen molar-refractivity contribution in [1.29, 1.82) is 0 Å². The average molecular weight is 370 g/mol. The normalized spacial score (nSPS) is 28.9. The Morgan fingerprint density at radius 1 is 1.15 bits per heavy atom. The highest BCUT2D eigenvalue weighted by atomic mass is 16.6. The molecule has 0 radical (unpaired) electrons. The lowest BCUT2D eigenvalue weighted by Crippen LogP contribution is -2.46. The molecular weight excluding hydrogens is 338 g/mol. The summed E-state index contributed by atoms with van der Waals surface area (Å²) < 4.78 is 6.05. The lowest BCUT2D eigenvalue weighted by Gasteiger charge is -2.44. The molecule has 0 spiro atoms. The van der Waals surface area contributed by atoms with Crippen molar-refractivity contribution in [2.75, 3.05) is 0 Å². The molecule has 1 amide bonds. The number of benzene rings is 1. The minimum absolute atomic E-state index is 0.0564. The Morgan fingerprint density at radius 2 is 1.85 bits per heavy atom. The number of hydrogen-bond donors (Lipinski definition) is 0. The minimum Gasteiger partial charge on any atom is -0.446 e. The molecule has 1 aromatic rings. The van der Waals surface area contributed by atoms with E-state index >= 15 is 0 Å². The molecule has 1 aliphatic heterocycles. The third kappa shape index (κ3) is 4.26. The van der Waals surface area contributed by atoms with Crippen LogP contribution in [0.4, 0.5) is 4.79 Å². The van der Waals surface area contributed by atoms with E-state index in [4.69, 9.17) is 4.74 Å². The van der Waals surface area contributed by atoms with Gasteiger partial charge in [0.2, 0.25) is 0 Å². The van der Waals surface area contributed by atoms with E-state index in [1.165, 1.54) is 11.6 Å². The largest absolute Gasteiger partial charge is 0.446 e. The van der Waals surface area contributed by atoms with Gasteiger partial charge in [-0.25, -0.2) is 4.79 Å². The predicted molar refractivity (Wildman–Crippen MR) is 106 cm³/mol. The molecule has 0 aromatic heterocycles. The molecule has 27 heavy (non-hydrogen) atoms. The number of ether oxygens (including phenoxy) is 1. The fraction of sp³-hybridized carbons (Fsp3) is 0.565. The van der Waals surface area contributed by atoms with Gasteiger partial charge >= 0.3 is 6.09 Å². The summed E-state index contributed by atoms with van der Waals surface area (Å²) in [5.41, 5.74) is 1.20. The van der Waals surface area contributed by atoms with Crippen molar-refractivity contribution in [2.45, 2.75) is 70.9 Å². The van der Waals surface area contributed by atoms with Crippen molar-refractivity contribution in [3.8, 4) is 0 Å². The fourth-order valence-electron chi connectivity index (χ4n) is 4.57. The monoisotopic (exact) mass is 369 g/mol. The molecular formula is C23H31NO3. The molecule has 146 valence electrons. The average Bonchev–Trinajstić information content (AvgIpc) is 2.62. The zero-order chi connectivity index (χ0) is 19.6. The molecule has 1 heterocycles. The third-order valence-corrected chi connectivity index (χ3v) is 6.35. The second-order valence-electron chi connectivity index (χ2n) is 8.78. The van der Waals surface area contributed by atoms with Crippen LogP contribution in [0.5, 0.6) is 0 Å². The molecule has 1 fully saturated rings. The van der Waals surface area contributed by atoms with E-state index in [0.717, 1.165) is 19.3 Å². The lowest BCUT2D eigenvalue weighted by molar-refractivity contribution is -0.116. The summed E-state index contributed by atoms with van der Waals surface area (Å²) in [7, 11) is 0. The lowest BCUT2D eigenvalue weighted by atomic mass is 9.64. The van der Waals surface area contributed by atoms with Gasteiger partial charge in [-0.05, 0) is 42.7 Å². The van der Waals surface area contributed by atoms with Gasteiger partial charge in [0.1, 0.15) is 6.10 Å². The fourth-order valence-corrected chi connectivity index (χ4v) is 4.57. The van der Waals surface area contributed by atoms with Crippen LogP contribution in [-0.4, -0.2) is 28.9 Å². The maximum Gasteiger partial charge on any atom is 0.414 e. The van der Waals surface area contributed by atoms with E-state index in [1.807, 2.05) is 13.0 Å². The van der Waals surface area contributed by atoms with Crippen LogP contribution in [0, 0.1) is 11.8 Å². The SMILES string of the molecule is C[C@@H]1CC[C@@H](C(C)(C)c2ccccc2)[C@H](OC(=O)N2C=CC(=O)C[C@H]2C)C1. The molecule has 0 bridgehead atoms. The van der Waals surface area contributed by atoms with Crippen molar-refractivity contribution >= 4 is 11.9 Å². The van der Waals surface area contributed by atoms with Crippen molar-refractivity contribution in [3.63, 3.8) is 0 Å². The molecule has 0 saturated heterocycles. The zero-order valence-corrected chi connectivity index (χ0v) is 16.9. The highest BCUT2D eigenvalue weighted by molar-refractivity contribution is 5.92. The van der Waals surface area contributed by atoms with Crippen LogP contribution in [0.15, 0.2) is 42.6 Å². The van der Waals surface area contributed by atoms with Crippen LogP contribution < -0.4 is 0 Å². The second-order valence-corrected chi connectivity index (χ2v) is 8.78. The number of rotatable bonds is 3. The Bertz CT molecular complexity index is 710. The van der Waals surface area contributed by atoms with Gasteiger partial charge in [-0.3, -0.25) is 9.69 Å². The van der Waals surface area contributed by atoms with E-state index in [0.29, 0.717) is 12.3 Å². The second kappa shape index (κ2) is 7.87. The standard InChI is InChI=1S/C23H31NO3/c1-16-10-11-20(23(3,4)18-8-6-5-7-9-18)21(14-16)27-22(26)24-13-12-19(25)15-17(24)2/h5-9,12-13,16-17,20-21H,10-11,14-15H2,1-4H3/t16-,17-,20-,21-/m1/s1. The van der Waals surface area contributed by atoms with Crippen molar-refractivity contribution in [2.24, 2.45) is 11.8 Å². The summed E-state index contributed by atoms with van der Waals surface area (Å²) in [5.74, 6) is 0.869. The first-order chi connectivity index (χ1) is 12.8. The minimum atomic E-state index is -0.334. The Morgan fingerprint density at radius 3 is 2.52 bits per heavy atom. The first-order valence-corrected chi connectivity index (χ1v) is 10.0. The highest BCUT2D eigenvalue weighted by Crippen LogP contribution is 2.43. The number of amides is 1. The zero-order valence-electron chi connectivity index (χ0n) is 16.9. The predicted octanol–water partition coefficient (Wildman–Crippen LogP) is 5.08. The Labute approximate surface area is 162 Å². The van der Waals surface area contributed by atoms with Gasteiger partial charge < -0.3 is 4.74 Å². The Balaban J connectivity index is 1.79. The van der Waals surface area contributed by atoms with E-state index in [2.05, 4.69) is 45.0 Å². The molecule has 2 aliphatic rings. The molecule has 4 heteroatoms. The summed E-state index contributed by atoms with van der Waals surface area (Å²) >= 11 is 0. The van der Waals surface area contributed by atoms with E-state index in [-0.39, 0.29) is 35.4 Å². The van der Waals surface area contributed by atoms with Crippen LogP contribution >= 0.6 is 0 Å². The molecule has 1 saturated carbocycles. The van der Waals surface area contributed by atoms with Gasteiger partial charge in [0.15, 0.2) is 5.78 Å². The first kappa shape index (κ1) is 19.7. The molecule has 1 aromatic carbocycles. The number of hydrogen-bond acceptors (Lipinski definition) is 3. The van der Waals surface area contributed by atoms with E-state index < -0.39 is 0 Å². The Kier molecular flexibility index (Phi) is 5.73. The van der Waals surface area contributed by atoms with Crippen molar-refractivity contribution in [3.05, 3.63) is 48.2 Å². The molecule has 0 unspecified atom stereocenters. The maximum atomic E-state index is 12.8. The summed E-state index contributed by atoms with van der Waals surface area (Å²) in [4.78, 5) is 26.0. The number of carbonyl (C=O) groups excluding carboxylic acids is 2. The van der Waals surface area contributed by atoms with Crippen LogP contribution in [0.1, 0.15) is 58.9 Å². The summed E-state index contributed by atoms with van der Waals surface area (Å²) in [5, 5.41) is 0. The van der Waals surface area contributed by atoms with Crippen LogP contribution in [0.2, 0.25) is 0 Å². The van der Waals surface area contributed by atoms with Gasteiger partial charge in [0, 0.05) is 24.6 Å². The molecule has 0 N–H and O–H groups in total. The van der Waals surface area contributed by atoms with Crippen molar-refractivity contribution < 1.29 is 14.3 Å². The topological polar surface area (TPSA) is 46.6 Å². The van der Waals surface area contributed by atoms with Gasteiger partial charge in [0.05, 0.1) is 0 Å². The number of carbonyl (C=O) groups is 2. The number of ketones is 1. The van der Waals surface area contributed by atoms with Crippen LogP contribution in [0.25, 0.3) is 0 Å². The van der Waals surface area contributed by atoms with Crippen LogP contribution in [0.3, 0.4) is 0 Å². The molecule has 3 rings (SSSR count). The van der Waals surface area contributed by atoms with Gasteiger partial charge in [-0.15, -0.1) is 0 Å². The van der Waals surface area contributed by atoms with Crippen LogP contribution in [-0.2, 0) is 14.9 Å². The molecule has 4 atom stereocenters. The molecule has 4 nitrogen and oxygen atoms in total. The first-order valence-electron chi connectivity index (χ1n) is 10.0. The van der Waals surface area contributed by atoms with E-state index in [9.17, 15) is 9.59 Å². The highest BCUT2D eigenvalue weighted by Gasteiger charge is 2.42. The maximum absolute atomic E-state index is 12.8. The summed E-state index contributed by atoms with van der Waals surface area (Å²) in [6, 6.07) is 10.3. The van der Waals surface area contributed by atoms with E-state index in [1.54, 1.807) is 11.1 Å². The number of allylic oxidation sites excluding steroid dienone is 1. The van der Waals surface area contributed by atoms with Crippen molar-refractivity contribution in [1.82, 2.24) is 4.90 Å². The van der Waals surface area contributed by atoms with Gasteiger partial charge in [-0.1, -0.05) is 57.5 Å². The smallest absolute Gasteiger partial charge is 0.414 e. The third-order valence-electron chi connectivity index (χ3n) is 6.35. The van der Waals surface area contributed by atoms with Gasteiger partial charge in [-0.2, -0.15) is 0 Å². The Hall–Kier alpha value is -2.10. The summed E-state index contributed by atoms with van der Waals surface area (Å²) in [6.45, 7) is 8.63.